The Morgan fingerprint density at radius 2 is 1.40 bits per heavy atom. The van der Waals surface area contributed by atoms with Crippen LogP contribution in [0.15, 0.2) is 103 Å². The van der Waals surface area contributed by atoms with Crippen molar-refractivity contribution >= 4 is 46.8 Å². The van der Waals surface area contributed by atoms with E-state index in [1.807, 2.05) is 54.6 Å². The van der Waals surface area contributed by atoms with Crippen LogP contribution in [0.25, 0.3) is 0 Å². The Bertz CT molecular complexity index is 1550. The summed E-state index contributed by atoms with van der Waals surface area (Å²) in [5, 5.41) is 7.49. The van der Waals surface area contributed by atoms with Crippen LogP contribution in [0.3, 0.4) is 0 Å². The van der Waals surface area contributed by atoms with Crippen LogP contribution in [0, 0.1) is 0 Å². The molecule has 47 heavy (non-hydrogen) atoms. The standard InChI is InChI=1S/C38H40Cl3N3O3/c39-33-14-10-31(11-15-33)38(32-12-16-34(40)17-13-32,20-5-21-44-22-18-30(19-23-44)29-7-2-1-3-8-29)27-43-36(45)25-42-37(46)47-26-28-6-4-9-35(41)24-28/h1-4,6-17,24,30H,5,18-23,25-27H2,(H,42,46)(H,43,45). The molecule has 4 aromatic carbocycles. The van der Waals surface area contributed by atoms with Gasteiger partial charge < -0.3 is 20.3 Å². The maximum Gasteiger partial charge on any atom is 0.407 e. The van der Waals surface area contributed by atoms with E-state index in [0.29, 0.717) is 27.5 Å². The molecule has 9 heteroatoms. The lowest BCUT2D eigenvalue weighted by Crippen LogP contribution is -2.45. The average Bonchev–Trinajstić information content (AvgIpc) is 3.09. The van der Waals surface area contributed by atoms with Crippen molar-refractivity contribution in [1.82, 2.24) is 15.5 Å². The zero-order valence-electron chi connectivity index (χ0n) is 26.3. The van der Waals surface area contributed by atoms with E-state index < -0.39 is 11.5 Å². The molecule has 0 saturated carbocycles. The third-order valence-electron chi connectivity index (χ3n) is 8.97. The van der Waals surface area contributed by atoms with Crippen molar-refractivity contribution in [2.24, 2.45) is 0 Å². The fourth-order valence-corrected chi connectivity index (χ4v) is 6.86. The summed E-state index contributed by atoms with van der Waals surface area (Å²) in [6, 6.07) is 33.5. The van der Waals surface area contributed by atoms with E-state index in [1.165, 1.54) is 5.56 Å². The molecule has 0 unspecified atom stereocenters. The topological polar surface area (TPSA) is 70.7 Å². The van der Waals surface area contributed by atoms with E-state index in [-0.39, 0.29) is 19.1 Å². The summed E-state index contributed by atoms with van der Waals surface area (Å²) in [5.74, 6) is 0.285. The van der Waals surface area contributed by atoms with Crippen LogP contribution in [0.5, 0.6) is 0 Å². The van der Waals surface area contributed by atoms with E-state index in [1.54, 1.807) is 18.2 Å². The van der Waals surface area contributed by atoms with Gasteiger partial charge in [-0.3, -0.25) is 4.79 Å². The van der Waals surface area contributed by atoms with Gasteiger partial charge in [0.25, 0.3) is 0 Å². The van der Waals surface area contributed by atoms with Gasteiger partial charge in [-0.15, -0.1) is 0 Å². The molecule has 6 nitrogen and oxygen atoms in total. The van der Waals surface area contributed by atoms with Crippen LogP contribution in [0.1, 0.15) is 53.9 Å². The van der Waals surface area contributed by atoms with E-state index >= 15 is 0 Å². The Kier molecular flexibility index (Phi) is 12.6. The molecule has 0 radical (unpaired) electrons. The number of amides is 2. The third-order valence-corrected chi connectivity index (χ3v) is 9.71. The molecule has 1 heterocycles. The first-order chi connectivity index (χ1) is 22.8. The number of nitrogens with one attached hydrogen (secondary N) is 2. The fraction of sp³-hybridized carbons (Fsp3) is 0.316. The van der Waals surface area contributed by atoms with Crippen molar-refractivity contribution in [3.63, 3.8) is 0 Å². The van der Waals surface area contributed by atoms with E-state index in [0.717, 1.165) is 62.0 Å². The minimum atomic E-state index is -0.683. The lowest BCUT2D eigenvalue weighted by molar-refractivity contribution is -0.120. The normalized spacial score (nSPS) is 14.0. The summed E-state index contributed by atoms with van der Waals surface area (Å²) in [7, 11) is 0. The third kappa shape index (κ3) is 9.97. The SMILES string of the molecule is O=C(CNC(=O)OCc1cccc(Cl)c1)NCC(CCCN1CCC(c2ccccc2)CC1)(c1ccc(Cl)cc1)c1ccc(Cl)cc1. The number of carbonyl (C=O) groups is 2. The van der Waals surface area contributed by atoms with Crippen LogP contribution in [-0.4, -0.2) is 49.6 Å². The van der Waals surface area contributed by atoms with Crippen LogP contribution in [0.2, 0.25) is 15.1 Å². The summed E-state index contributed by atoms with van der Waals surface area (Å²) in [5.41, 5.74) is 3.72. The highest BCUT2D eigenvalue weighted by molar-refractivity contribution is 6.31. The number of hydrogen-bond donors (Lipinski definition) is 2. The second-order valence-electron chi connectivity index (χ2n) is 12.1. The van der Waals surface area contributed by atoms with Crippen LogP contribution >= 0.6 is 34.8 Å². The first-order valence-electron chi connectivity index (χ1n) is 16.0. The molecule has 0 aromatic heterocycles. The summed E-state index contributed by atoms with van der Waals surface area (Å²) in [6.45, 7) is 3.23. The predicted molar refractivity (Wildman–Crippen MR) is 190 cm³/mol. The zero-order valence-corrected chi connectivity index (χ0v) is 28.5. The van der Waals surface area contributed by atoms with Gasteiger partial charge >= 0.3 is 6.09 Å². The summed E-state index contributed by atoms with van der Waals surface area (Å²) < 4.78 is 5.26. The highest BCUT2D eigenvalue weighted by Crippen LogP contribution is 2.38. The number of alkyl carbamates (subject to hydrolysis) is 1. The van der Waals surface area contributed by atoms with Gasteiger partial charge in [0.15, 0.2) is 0 Å². The smallest absolute Gasteiger partial charge is 0.407 e. The quantitative estimate of drug-likeness (QED) is 0.147. The zero-order chi connectivity index (χ0) is 33.1. The molecule has 0 bridgehead atoms. The number of halogens is 3. The minimum Gasteiger partial charge on any atom is -0.445 e. The molecule has 5 rings (SSSR count). The van der Waals surface area contributed by atoms with Gasteiger partial charge in [0, 0.05) is 27.0 Å². The number of nitrogens with zero attached hydrogens (tertiary/aromatic N) is 1. The van der Waals surface area contributed by atoms with Crippen molar-refractivity contribution in [2.45, 2.75) is 43.6 Å². The van der Waals surface area contributed by atoms with Gasteiger partial charge in [-0.1, -0.05) is 102 Å². The molecular formula is C38H40Cl3N3O3. The molecule has 0 spiro atoms. The Hall–Kier alpha value is -3.55. The molecule has 0 aliphatic carbocycles. The number of piperidine rings is 1. The fourth-order valence-electron chi connectivity index (χ4n) is 6.40. The minimum absolute atomic E-state index is 0.0498. The monoisotopic (exact) mass is 691 g/mol. The number of benzene rings is 4. The van der Waals surface area contributed by atoms with Crippen LogP contribution in [-0.2, 0) is 21.6 Å². The van der Waals surface area contributed by atoms with Gasteiger partial charge in [-0.2, -0.15) is 0 Å². The molecule has 1 fully saturated rings. The molecule has 1 aliphatic heterocycles. The van der Waals surface area contributed by atoms with Gasteiger partial charge in [0.1, 0.15) is 6.61 Å². The molecule has 1 saturated heterocycles. The summed E-state index contributed by atoms with van der Waals surface area (Å²) in [6.07, 6.45) is 3.32. The van der Waals surface area contributed by atoms with E-state index in [2.05, 4.69) is 45.9 Å². The number of rotatable bonds is 13. The molecule has 2 amide bonds. The van der Waals surface area contributed by atoms with Gasteiger partial charge in [-0.05, 0) is 110 Å². The average molecular weight is 693 g/mol. The highest BCUT2D eigenvalue weighted by Gasteiger charge is 2.35. The first-order valence-corrected chi connectivity index (χ1v) is 17.2. The lowest BCUT2D eigenvalue weighted by Gasteiger charge is -2.37. The Morgan fingerprint density at radius 1 is 0.766 bits per heavy atom. The van der Waals surface area contributed by atoms with Crippen LogP contribution < -0.4 is 10.6 Å². The number of carbonyl (C=O) groups excluding carboxylic acids is 2. The highest BCUT2D eigenvalue weighted by atomic mass is 35.5. The second kappa shape index (κ2) is 17.0. The molecule has 1 aliphatic rings. The number of hydrogen-bond acceptors (Lipinski definition) is 4. The first kappa shape index (κ1) is 34.8. The van der Waals surface area contributed by atoms with Gasteiger partial charge in [0.05, 0.1) is 6.54 Å². The maximum atomic E-state index is 13.1. The predicted octanol–water partition coefficient (Wildman–Crippen LogP) is 8.64. The second-order valence-corrected chi connectivity index (χ2v) is 13.4. The molecule has 4 aromatic rings. The van der Waals surface area contributed by atoms with Crippen molar-refractivity contribution in [1.29, 1.82) is 0 Å². The largest absolute Gasteiger partial charge is 0.445 e. The van der Waals surface area contributed by atoms with E-state index in [9.17, 15) is 9.59 Å². The van der Waals surface area contributed by atoms with E-state index in [4.69, 9.17) is 39.5 Å². The molecule has 0 atom stereocenters. The molecule has 2 N–H and O–H groups in total. The Morgan fingerprint density at radius 3 is 2.02 bits per heavy atom. The summed E-state index contributed by atoms with van der Waals surface area (Å²) in [4.78, 5) is 28.0. The summed E-state index contributed by atoms with van der Waals surface area (Å²) >= 11 is 18.6. The molecule has 246 valence electrons. The van der Waals surface area contributed by atoms with Gasteiger partial charge in [-0.25, -0.2) is 4.79 Å². The van der Waals surface area contributed by atoms with Crippen molar-refractivity contribution in [3.8, 4) is 0 Å². The maximum absolute atomic E-state index is 13.1. The lowest BCUT2D eigenvalue weighted by atomic mass is 9.71. The van der Waals surface area contributed by atoms with Crippen molar-refractivity contribution in [3.05, 3.63) is 140 Å². The van der Waals surface area contributed by atoms with Gasteiger partial charge in [0.2, 0.25) is 5.91 Å². The number of likely N-dealkylation sites (tertiary alicyclic amines) is 1. The van der Waals surface area contributed by atoms with Crippen molar-refractivity contribution < 1.29 is 14.3 Å². The number of ether oxygens (including phenoxy) is 1. The van der Waals surface area contributed by atoms with Crippen LogP contribution in [0.4, 0.5) is 4.79 Å². The Balaban J connectivity index is 1.24. The van der Waals surface area contributed by atoms with Crippen molar-refractivity contribution in [2.75, 3.05) is 32.7 Å². The molecular weight excluding hydrogens is 653 g/mol. The Labute approximate surface area is 292 Å².